The Morgan fingerprint density at radius 1 is 1.00 bits per heavy atom. The van der Waals surface area contributed by atoms with Gasteiger partial charge in [-0.15, -0.1) is 0 Å². The number of halogens is 3. The average molecular weight is 556 g/mol. The van der Waals surface area contributed by atoms with E-state index in [1.807, 2.05) is 50.2 Å². The van der Waals surface area contributed by atoms with Crippen molar-refractivity contribution in [2.45, 2.75) is 20.4 Å². The van der Waals surface area contributed by atoms with Gasteiger partial charge in [0.25, 0.3) is 0 Å². The molecule has 0 saturated carbocycles. The molecule has 2 aromatic heterocycles. The van der Waals surface area contributed by atoms with Gasteiger partial charge in [-0.05, 0) is 77.4 Å². The maximum absolute atomic E-state index is 5.88. The molecular weight excluding hydrogens is 535 g/mol. The number of nitrogens with one attached hydrogen (secondary N) is 1. The third kappa shape index (κ3) is 8.83. The van der Waals surface area contributed by atoms with Crippen LogP contribution in [0.5, 0.6) is 5.75 Å². The molecule has 28 heavy (non-hydrogen) atoms. The van der Waals surface area contributed by atoms with E-state index in [0.717, 1.165) is 32.7 Å². The number of benzene rings is 1. The van der Waals surface area contributed by atoms with Crippen LogP contribution in [-0.4, -0.2) is 17.1 Å². The minimum Gasteiger partial charge on any atom is -1.00 e. The Bertz CT molecular complexity index is 901. The van der Waals surface area contributed by atoms with Crippen LogP contribution in [0.4, 0.5) is 5.69 Å². The fourth-order valence-corrected chi connectivity index (χ4v) is 2.94. The summed E-state index contributed by atoms with van der Waals surface area (Å²) in [5.74, 6) is 0.864. The maximum atomic E-state index is 5.88. The van der Waals surface area contributed by atoms with Crippen molar-refractivity contribution in [2.24, 2.45) is 0 Å². The van der Waals surface area contributed by atoms with E-state index in [1.165, 1.54) is 5.56 Å². The van der Waals surface area contributed by atoms with Crippen molar-refractivity contribution in [3.05, 3.63) is 79.4 Å². The summed E-state index contributed by atoms with van der Waals surface area (Å²) in [5.41, 5.74) is 4.15. The molecule has 3 rings (SSSR count). The van der Waals surface area contributed by atoms with Crippen molar-refractivity contribution in [1.82, 2.24) is 9.97 Å². The first kappa shape index (κ1) is 26.1. The van der Waals surface area contributed by atoms with Gasteiger partial charge in [0.05, 0.1) is 19.0 Å². The zero-order chi connectivity index (χ0) is 19.8. The Balaban J connectivity index is 0.000000610. The number of hydrogen-bond acceptors (Lipinski definition) is 4. The fraction of sp³-hybridized carbons (Fsp3) is 0.200. The minimum atomic E-state index is 0. The van der Waals surface area contributed by atoms with Crippen LogP contribution in [0.1, 0.15) is 18.1 Å². The zero-order valence-electron chi connectivity index (χ0n) is 17.3. The molecule has 0 amide bonds. The number of nitrogens with zero attached hydrogens (tertiary/aromatic N) is 2. The molecule has 0 bridgehead atoms. The number of hydrogen-bond donors (Lipinski definition) is 1. The monoisotopic (exact) mass is 555 g/mol. The molecule has 0 fully saturated rings. The van der Waals surface area contributed by atoms with Gasteiger partial charge in [0.15, 0.2) is 0 Å². The van der Waals surface area contributed by atoms with Crippen LogP contribution >= 0.6 is 45.8 Å². The molecule has 0 aliphatic heterocycles. The maximum Gasteiger partial charge on any atom is 1.00 e. The molecule has 4 nitrogen and oxygen atoms in total. The third-order valence-electron chi connectivity index (χ3n) is 3.65. The van der Waals surface area contributed by atoms with E-state index in [9.17, 15) is 0 Å². The summed E-state index contributed by atoms with van der Waals surface area (Å²) < 4.78 is 6.24. The number of pyridine rings is 2. The van der Waals surface area contributed by atoms with Crippen molar-refractivity contribution in [3.8, 4) is 5.75 Å². The summed E-state index contributed by atoms with van der Waals surface area (Å²) in [5, 5.41) is 4.44. The molecule has 0 aliphatic rings. The van der Waals surface area contributed by atoms with Crippen LogP contribution in [0.25, 0.3) is 0 Å². The Hall–Kier alpha value is 0.0664. The summed E-state index contributed by atoms with van der Waals surface area (Å²) >= 11 is 13.7. The first-order valence-corrected chi connectivity index (χ1v) is 9.99. The zero-order valence-corrected chi connectivity index (χ0v) is 23.1. The second kappa shape index (κ2) is 13.4. The first-order valence-electron chi connectivity index (χ1n) is 8.15. The number of ether oxygens (including phenoxy) is 1. The Morgan fingerprint density at radius 3 is 2.07 bits per heavy atom. The van der Waals surface area contributed by atoms with Gasteiger partial charge in [-0.25, -0.2) is 9.97 Å². The summed E-state index contributed by atoms with van der Waals surface area (Å²) in [6.07, 6.45) is 3.48. The second-order valence-electron chi connectivity index (χ2n) is 5.79. The summed E-state index contributed by atoms with van der Waals surface area (Å²) in [6, 6.07) is 11.9. The first-order chi connectivity index (χ1) is 12.9. The third-order valence-corrected chi connectivity index (χ3v) is 5.03. The molecule has 1 aromatic carbocycles. The van der Waals surface area contributed by atoms with Crippen LogP contribution < -0.4 is 61.4 Å². The topological polar surface area (TPSA) is 47.0 Å². The van der Waals surface area contributed by atoms with Gasteiger partial charge in [0, 0.05) is 16.3 Å². The molecule has 0 spiro atoms. The average Bonchev–Trinajstić information content (AvgIpc) is 2.67. The second-order valence-corrected chi connectivity index (χ2v) is 7.76. The quantitative estimate of drug-likeness (QED) is 0.304. The normalized spacial score (nSPS) is 9.64. The van der Waals surface area contributed by atoms with Gasteiger partial charge in [0.2, 0.25) is 0 Å². The van der Waals surface area contributed by atoms with E-state index in [2.05, 4.69) is 37.9 Å². The van der Waals surface area contributed by atoms with Crippen molar-refractivity contribution in [3.63, 3.8) is 0 Å². The van der Waals surface area contributed by atoms with E-state index in [0.29, 0.717) is 10.3 Å². The SMILES string of the molecule is COc1ccc(CNc2cnc(Cl)c(C)c2)cc1.Cc1cc(I)cnc1Cl.[H-].[K+]. The van der Waals surface area contributed by atoms with Gasteiger partial charge >= 0.3 is 51.4 Å². The van der Waals surface area contributed by atoms with Crippen LogP contribution in [0.15, 0.2) is 48.8 Å². The predicted molar refractivity (Wildman–Crippen MR) is 122 cm³/mol. The van der Waals surface area contributed by atoms with Crippen LogP contribution in [-0.2, 0) is 6.54 Å². The van der Waals surface area contributed by atoms with Gasteiger partial charge in [0.1, 0.15) is 16.1 Å². The van der Waals surface area contributed by atoms with Crippen LogP contribution in [0.3, 0.4) is 0 Å². The molecule has 144 valence electrons. The van der Waals surface area contributed by atoms with Crippen molar-refractivity contribution < 1.29 is 57.5 Å². The molecule has 3 aromatic rings. The van der Waals surface area contributed by atoms with Crippen molar-refractivity contribution in [2.75, 3.05) is 12.4 Å². The van der Waals surface area contributed by atoms with E-state index in [-0.39, 0.29) is 52.8 Å². The van der Waals surface area contributed by atoms with E-state index in [1.54, 1.807) is 19.5 Å². The summed E-state index contributed by atoms with van der Waals surface area (Å²) in [6.45, 7) is 4.62. The van der Waals surface area contributed by atoms with Crippen molar-refractivity contribution in [1.29, 1.82) is 0 Å². The molecule has 0 aliphatic carbocycles. The van der Waals surface area contributed by atoms with Gasteiger partial charge in [-0.1, -0.05) is 35.3 Å². The molecular formula is C20H21Cl2IKN3O. The smallest absolute Gasteiger partial charge is 1.00 e. The fourth-order valence-electron chi connectivity index (χ4n) is 2.13. The molecule has 0 saturated heterocycles. The van der Waals surface area contributed by atoms with Gasteiger partial charge < -0.3 is 11.5 Å². The van der Waals surface area contributed by atoms with Crippen LogP contribution in [0.2, 0.25) is 10.3 Å². The van der Waals surface area contributed by atoms with E-state index >= 15 is 0 Å². The Kier molecular flexibility index (Phi) is 12.5. The standard InChI is InChI=1S/C14H15ClN2O.C6H5ClIN.K.H/c1-10-7-12(9-17-14(10)15)16-8-11-3-5-13(18-2)6-4-11;1-4-2-5(8)3-9-6(4)7;;/h3-7,9,16H,8H2,1-2H3;2-3H,1H3;;/q;;+1;-1. The summed E-state index contributed by atoms with van der Waals surface area (Å²) in [7, 11) is 1.66. The molecule has 1 N–H and O–H groups in total. The van der Waals surface area contributed by atoms with E-state index < -0.39 is 0 Å². The number of rotatable bonds is 4. The van der Waals surface area contributed by atoms with E-state index in [4.69, 9.17) is 27.9 Å². The molecule has 0 atom stereocenters. The molecule has 0 unspecified atom stereocenters. The van der Waals surface area contributed by atoms with Gasteiger partial charge in [-0.2, -0.15) is 0 Å². The Labute approximate surface area is 233 Å². The van der Waals surface area contributed by atoms with Crippen molar-refractivity contribution >= 4 is 51.5 Å². The summed E-state index contributed by atoms with van der Waals surface area (Å²) in [4.78, 5) is 8.04. The molecule has 2 heterocycles. The predicted octanol–water partition coefficient (Wildman–Crippen LogP) is 3.43. The number of aromatic nitrogens is 2. The van der Waals surface area contributed by atoms with Gasteiger partial charge in [-0.3, -0.25) is 0 Å². The van der Waals surface area contributed by atoms with Crippen LogP contribution in [0, 0.1) is 17.4 Å². The molecule has 8 heteroatoms. The number of anilines is 1. The number of methoxy groups -OCH3 is 1. The molecule has 0 radical (unpaired) electrons. The largest absolute Gasteiger partial charge is 1.00 e. The number of aryl methyl sites for hydroxylation is 2. The minimum absolute atomic E-state index is 0. The Morgan fingerprint density at radius 2 is 1.57 bits per heavy atom.